The van der Waals surface area contributed by atoms with E-state index >= 15 is 0 Å². The molecule has 1 N–H and O–H groups in total. The van der Waals surface area contributed by atoms with Crippen LogP contribution in [0.1, 0.15) is 0 Å². The van der Waals surface area contributed by atoms with Gasteiger partial charge in [-0.3, -0.25) is 4.31 Å². The summed E-state index contributed by atoms with van der Waals surface area (Å²) in [6.45, 7) is 0. The smallest absolute Gasteiger partial charge is 0.355 e. The number of phenolic OH excluding ortho intramolecular Hbond substituents is 1. The minimum absolute atomic E-state index is 0.0182. The Labute approximate surface area is 85.8 Å². The van der Waals surface area contributed by atoms with Crippen LogP contribution in [0, 0.1) is 0 Å². The molecule has 0 aliphatic carbocycles. The average molecular weight is 237 g/mol. The van der Waals surface area contributed by atoms with Gasteiger partial charge in [0.1, 0.15) is 5.75 Å². The maximum Gasteiger partial charge on any atom is 0.355 e. The molecule has 0 aliphatic heterocycles. The number of aromatic hydroxyl groups is 1. The summed E-state index contributed by atoms with van der Waals surface area (Å²) in [6.07, 6.45) is 0. The maximum absolute atomic E-state index is 12.2. The van der Waals surface area contributed by atoms with Crippen LogP contribution in [0.25, 0.3) is 0 Å². The van der Waals surface area contributed by atoms with Crippen LogP contribution in [0.15, 0.2) is 24.3 Å². The first-order valence-corrected chi connectivity index (χ1v) is 5.41. The fourth-order valence-corrected chi connectivity index (χ4v) is 1.60. The van der Waals surface area contributed by atoms with Gasteiger partial charge in [-0.15, -0.1) is 0 Å². The molecule has 0 saturated carbocycles. The number of nitrogens with zero attached hydrogens (tertiary/aromatic N) is 1. The average Bonchev–Trinajstić information content (AvgIpc) is 2.16. The van der Waals surface area contributed by atoms with Crippen LogP contribution in [0.5, 0.6) is 5.75 Å². The van der Waals surface area contributed by atoms with Gasteiger partial charge in [-0.1, -0.05) is 6.07 Å². The van der Waals surface area contributed by atoms with Gasteiger partial charge in [-0.2, -0.15) is 8.78 Å². The van der Waals surface area contributed by atoms with Crippen molar-refractivity contribution in [3.63, 3.8) is 0 Å². The molecular formula is C8H9F2NO3S. The summed E-state index contributed by atoms with van der Waals surface area (Å²) in [5.41, 5.74) is -0.0182. The Balaban J connectivity index is 3.10. The monoisotopic (exact) mass is 237 g/mol. The predicted molar refractivity (Wildman–Crippen MR) is 51.4 cm³/mol. The first-order chi connectivity index (χ1) is 6.85. The van der Waals surface area contributed by atoms with Crippen LogP contribution in [-0.4, -0.2) is 26.3 Å². The molecule has 0 amide bonds. The summed E-state index contributed by atoms with van der Waals surface area (Å²) < 4.78 is 46.8. The summed E-state index contributed by atoms with van der Waals surface area (Å²) >= 11 is 0. The molecule has 84 valence electrons. The van der Waals surface area contributed by atoms with Gasteiger partial charge in [0.15, 0.2) is 0 Å². The van der Waals surface area contributed by atoms with Crippen molar-refractivity contribution in [1.82, 2.24) is 0 Å². The van der Waals surface area contributed by atoms with E-state index in [1.165, 1.54) is 18.2 Å². The number of anilines is 1. The number of halogens is 2. The van der Waals surface area contributed by atoms with Crippen molar-refractivity contribution in [2.75, 3.05) is 11.4 Å². The molecular weight excluding hydrogens is 228 g/mol. The molecule has 0 bridgehead atoms. The van der Waals surface area contributed by atoms with Gasteiger partial charge >= 0.3 is 5.76 Å². The zero-order valence-corrected chi connectivity index (χ0v) is 8.58. The van der Waals surface area contributed by atoms with E-state index in [2.05, 4.69) is 0 Å². The van der Waals surface area contributed by atoms with Crippen LogP contribution in [0.4, 0.5) is 14.5 Å². The van der Waals surface area contributed by atoms with Crippen LogP contribution in [-0.2, 0) is 10.0 Å². The third-order valence-electron chi connectivity index (χ3n) is 1.80. The minimum atomic E-state index is -4.66. The molecule has 7 heteroatoms. The molecule has 0 aromatic heterocycles. The number of hydrogen-bond acceptors (Lipinski definition) is 3. The highest BCUT2D eigenvalue weighted by Crippen LogP contribution is 2.23. The SMILES string of the molecule is CN(c1cccc(O)c1)S(=O)(=O)C(F)F. The van der Waals surface area contributed by atoms with Crippen molar-refractivity contribution >= 4 is 15.7 Å². The molecule has 0 fully saturated rings. The molecule has 4 nitrogen and oxygen atoms in total. The molecule has 0 unspecified atom stereocenters. The fourth-order valence-electron chi connectivity index (χ4n) is 0.955. The van der Waals surface area contributed by atoms with Gasteiger partial charge in [0.05, 0.1) is 5.69 Å². The zero-order chi connectivity index (χ0) is 11.6. The van der Waals surface area contributed by atoms with Crippen LogP contribution < -0.4 is 4.31 Å². The number of alkyl halides is 2. The lowest BCUT2D eigenvalue weighted by atomic mass is 10.3. The van der Waals surface area contributed by atoms with E-state index < -0.39 is 15.8 Å². The number of rotatable bonds is 3. The standard InChI is InChI=1S/C8H9F2NO3S/c1-11(15(13,14)8(9)10)6-3-2-4-7(12)5-6/h2-5,8,12H,1H3. The van der Waals surface area contributed by atoms with Gasteiger partial charge in [-0.25, -0.2) is 8.42 Å². The van der Waals surface area contributed by atoms with Gasteiger partial charge < -0.3 is 5.11 Å². The molecule has 0 saturated heterocycles. The van der Waals surface area contributed by atoms with Crippen molar-refractivity contribution < 1.29 is 22.3 Å². The van der Waals surface area contributed by atoms with E-state index in [-0.39, 0.29) is 11.4 Å². The normalized spacial score (nSPS) is 11.7. The molecule has 0 atom stereocenters. The Morgan fingerprint density at radius 3 is 2.47 bits per heavy atom. The largest absolute Gasteiger partial charge is 0.508 e. The van der Waals surface area contributed by atoms with Crippen molar-refractivity contribution in [3.05, 3.63) is 24.3 Å². The van der Waals surface area contributed by atoms with E-state index in [0.717, 1.165) is 13.1 Å². The number of benzene rings is 1. The molecule has 1 rings (SSSR count). The van der Waals surface area contributed by atoms with E-state index in [1.807, 2.05) is 0 Å². The van der Waals surface area contributed by atoms with Crippen LogP contribution in [0.2, 0.25) is 0 Å². The van der Waals surface area contributed by atoms with Gasteiger partial charge in [0.25, 0.3) is 10.0 Å². The second kappa shape index (κ2) is 4.01. The summed E-state index contributed by atoms with van der Waals surface area (Å²) in [7, 11) is -3.66. The summed E-state index contributed by atoms with van der Waals surface area (Å²) in [5, 5.41) is 9.06. The summed E-state index contributed by atoms with van der Waals surface area (Å²) in [6, 6.07) is 5.06. The lowest BCUT2D eigenvalue weighted by molar-refractivity contribution is 0.234. The number of phenols is 1. The summed E-state index contributed by atoms with van der Waals surface area (Å²) in [4.78, 5) is 0. The molecule has 15 heavy (non-hydrogen) atoms. The molecule has 0 aliphatic rings. The van der Waals surface area contributed by atoms with Crippen LogP contribution >= 0.6 is 0 Å². The highest BCUT2D eigenvalue weighted by atomic mass is 32.2. The van der Waals surface area contributed by atoms with Gasteiger partial charge in [0, 0.05) is 13.1 Å². The Bertz CT molecular complexity index is 447. The molecule has 1 aromatic rings. The van der Waals surface area contributed by atoms with E-state index in [4.69, 9.17) is 5.11 Å². The minimum Gasteiger partial charge on any atom is -0.508 e. The lowest BCUT2D eigenvalue weighted by Gasteiger charge is -2.18. The van der Waals surface area contributed by atoms with Gasteiger partial charge in [0.2, 0.25) is 0 Å². The van der Waals surface area contributed by atoms with Gasteiger partial charge in [-0.05, 0) is 12.1 Å². The molecule has 0 spiro atoms. The lowest BCUT2D eigenvalue weighted by Crippen LogP contribution is -2.31. The summed E-state index contributed by atoms with van der Waals surface area (Å²) in [5.74, 6) is -3.67. The predicted octanol–water partition coefficient (Wildman–Crippen LogP) is 1.38. The molecule has 1 aromatic carbocycles. The van der Waals surface area contributed by atoms with Crippen LogP contribution in [0.3, 0.4) is 0 Å². The Morgan fingerprint density at radius 1 is 1.40 bits per heavy atom. The number of sulfonamides is 1. The first-order valence-electron chi connectivity index (χ1n) is 3.90. The second-order valence-electron chi connectivity index (χ2n) is 2.79. The third-order valence-corrected chi connectivity index (χ3v) is 3.22. The Hall–Kier alpha value is -1.37. The second-order valence-corrected chi connectivity index (χ2v) is 4.73. The fraction of sp³-hybridized carbons (Fsp3) is 0.250. The van der Waals surface area contributed by atoms with E-state index in [0.29, 0.717) is 4.31 Å². The topological polar surface area (TPSA) is 57.6 Å². The third kappa shape index (κ3) is 2.35. The molecule has 0 radical (unpaired) electrons. The Morgan fingerprint density at radius 2 is 2.00 bits per heavy atom. The van der Waals surface area contributed by atoms with Crippen molar-refractivity contribution in [3.8, 4) is 5.75 Å². The van der Waals surface area contributed by atoms with Crippen molar-refractivity contribution in [2.24, 2.45) is 0 Å². The maximum atomic E-state index is 12.2. The number of hydrogen-bond donors (Lipinski definition) is 1. The highest BCUT2D eigenvalue weighted by molar-refractivity contribution is 7.93. The zero-order valence-electron chi connectivity index (χ0n) is 7.76. The quantitative estimate of drug-likeness (QED) is 0.864. The first kappa shape index (κ1) is 11.7. The Kier molecular flexibility index (Phi) is 3.13. The molecule has 0 heterocycles. The van der Waals surface area contributed by atoms with E-state index in [1.54, 1.807) is 0 Å². The highest BCUT2D eigenvalue weighted by Gasteiger charge is 2.29. The van der Waals surface area contributed by atoms with Crippen molar-refractivity contribution in [2.45, 2.75) is 5.76 Å². The van der Waals surface area contributed by atoms with Crippen molar-refractivity contribution in [1.29, 1.82) is 0 Å². The van der Waals surface area contributed by atoms with E-state index in [9.17, 15) is 17.2 Å².